The zero-order chi connectivity index (χ0) is 22.5. The molecule has 1 aliphatic rings. The topological polar surface area (TPSA) is 70.7 Å². The maximum Gasteiger partial charge on any atom is 0.255 e. The summed E-state index contributed by atoms with van der Waals surface area (Å²) in [4.78, 5) is 27.4. The van der Waals surface area contributed by atoms with E-state index < -0.39 is 5.82 Å². The minimum atomic E-state index is -0.409. The average Bonchev–Trinajstić information content (AvgIpc) is 2.81. The lowest BCUT2D eigenvalue weighted by molar-refractivity contribution is 0.101. The van der Waals surface area contributed by atoms with Crippen LogP contribution in [0.1, 0.15) is 26.3 Å². The number of nitrogens with zero attached hydrogens (tertiary/aromatic N) is 1. The van der Waals surface area contributed by atoms with Gasteiger partial charge >= 0.3 is 0 Å². The van der Waals surface area contributed by atoms with E-state index in [1.165, 1.54) is 24.3 Å². The summed E-state index contributed by atoms with van der Waals surface area (Å²) in [6.07, 6.45) is 0. The Bertz CT molecular complexity index is 1130. The second kappa shape index (κ2) is 9.62. The van der Waals surface area contributed by atoms with Gasteiger partial charge in [-0.25, -0.2) is 4.39 Å². The molecule has 0 aliphatic carbocycles. The van der Waals surface area contributed by atoms with Crippen LogP contribution in [0.25, 0.3) is 0 Å². The second-order valence-electron chi connectivity index (χ2n) is 7.59. The van der Waals surface area contributed by atoms with Gasteiger partial charge in [0.1, 0.15) is 5.82 Å². The summed E-state index contributed by atoms with van der Waals surface area (Å²) in [5.74, 6) is -1.06. The Morgan fingerprint density at radius 3 is 2.31 bits per heavy atom. The Kier molecular flexibility index (Phi) is 6.47. The van der Waals surface area contributed by atoms with Crippen molar-refractivity contribution < 1.29 is 18.7 Å². The van der Waals surface area contributed by atoms with Crippen LogP contribution >= 0.6 is 0 Å². The fourth-order valence-corrected chi connectivity index (χ4v) is 3.54. The number of rotatable bonds is 5. The smallest absolute Gasteiger partial charge is 0.255 e. The normalized spacial score (nSPS) is 13.5. The molecule has 6 nitrogen and oxygen atoms in total. The Morgan fingerprint density at radius 1 is 0.875 bits per heavy atom. The molecule has 3 aromatic carbocycles. The highest BCUT2D eigenvalue weighted by Gasteiger charge is 2.14. The Labute approximate surface area is 186 Å². The van der Waals surface area contributed by atoms with Crippen LogP contribution in [-0.2, 0) is 4.74 Å². The van der Waals surface area contributed by atoms with Gasteiger partial charge in [0.2, 0.25) is 0 Å². The number of halogens is 1. The molecule has 0 unspecified atom stereocenters. The summed E-state index contributed by atoms with van der Waals surface area (Å²) >= 11 is 0. The maximum absolute atomic E-state index is 13.1. The molecule has 4 rings (SSSR count). The number of carbonyl (C=O) groups is 2. The van der Waals surface area contributed by atoms with Crippen LogP contribution in [0, 0.1) is 12.7 Å². The van der Waals surface area contributed by atoms with Gasteiger partial charge in [-0.2, -0.15) is 0 Å². The van der Waals surface area contributed by atoms with Gasteiger partial charge in [-0.15, -0.1) is 0 Å². The lowest BCUT2D eigenvalue weighted by Crippen LogP contribution is -2.36. The SMILES string of the molecule is Cc1cc(N2CCOCC2)ccc1NC(=O)c1cccc(NC(=O)c2ccc(F)cc2)c1. The molecule has 2 amide bonds. The highest BCUT2D eigenvalue weighted by Crippen LogP contribution is 2.24. The first-order valence-electron chi connectivity index (χ1n) is 10.4. The molecule has 1 aliphatic heterocycles. The Balaban J connectivity index is 1.43. The first-order chi connectivity index (χ1) is 15.5. The molecule has 0 saturated carbocycles. The summed E-state index contributed by atoms with van der Waals surface area (Å²) in [5, 5.41) is 5.67. The van der Waals surface area contributed by atoms with E-state index in [-0.39, 0.29) is 11.8 Å². The van der Waals surface area contributed by atoms with Crippen molar-refractivity contribution in [1.29, 1.82) is 0 Å². The second-order valence-corrected chi connectivity index (χ2v) is 7.59. The number of aryl methyl sites for hydroxylation is 1. The van der Waals surface area contributed by atoms with E-state index in [0.717, 1.165) is 30.0 Å². The largest absolute Gasteiger partial charge is 0.378 e. The van der Waals surface area contributed by atoms with Crippen molar-refractivity contribution >= 4 is 28.9 Å². The van der Waals surface area contributed by atoms with Gasteiger partial charge in [-0.05, 0) is 73.2 Å². The number of ether oxygens (including phenoxy) is 1. The molecule has 32 heavy (non-hydrogen) atoms. The molecule has 0 radical (unpaired) electrons. The zero-order valence-electron chi connectivity index (χ0n) is 17.7. The van der Waals surface area contributed by atoms with Gasteiger partial charge in [0.05, 0.1) is 13.2 Å². The van der Waals surface area contributed by atoms with Crippen LogP contribution in [0.4, 0.5) is 21.5 Å². The standard InChI is InChI=1S/C25H24FN3O3/c1-17-15-22(29-11-13-32-14-12-29)9-10-23(17)28-25(31)19-3-2-4-21(16-19)27-24(30)18-5-7-20(26)8-6-18/h2-10,15-16H,11-14H2,1H3,(H,27,30)(H,28,31). The van der Waals surface area contributed by atoms with Crippen molar-refractivity contribution in [2.24, 2.45) is 0 Å². The first kappa shape index (κ1) is 21.5. The predicted octanol–water partition coefficient (Wildman–Crippen LogP) is 4.48. The maximum atomic E-state index is 13.1. The van der Waals surface area contributed by atoms with Crippen LogP contribution in [-0.4, -0.2) is 38.1 Å². The number of hydrogen-bond acceptors (Lipinski definition) is 4. The number of anilines is 3. The quantitative estimate of drug-likeness (QED) is 0.623. The molecule has 0 aromatic heterocycles. The van der Waals surface area contributed by atoms with Crippen molar-refractivity contribution in [3.8, 4) is 0 Å². The van der Waals surface area contributed by atoms with Crippen LogP contribution in [0.15, 0.2) is 66.7 Å². The molecule has 0 bridgehead atoms. The van der Waals surface area contributed by atoms with E-state index in [2.05, 4.69) is 21.6 Å². The number of morpholine rings is 1. The lowest BCUT2D eigenvalue weighted by atomic mass is 10.1. The fourth-order valence-electron chi connectivity index (χ4n) is 3.54. The van der Waals surface area contributed by atoms with Gasteiger partial charge in [0.25, 0.3) is 11.8 Å². The Hall–Kier alpha value is -3.71. The highest BCUT2D eigenvalue weighted by molar-refractivity contribution is 6.07. The third kappa shape index (κ3) is 5.12. The average molecular weight is 433 g/mol. The number of nitrogens with one attached hydrogen (secondary N) is 2. The number of amides is 2. The van der Waals surface area contributed by atoms with E-state index in [1.807, 2.05) is 19.1 Å². The zero-order valence-corrected chi connectivity index (χ0v) is 17.7. The minimum Gasteiger partial charge on any atom is -0.378 e. The van der Waals surface area contributed by atoms with Gasteiger partial charge in [0, 0.05) is 41.3 Å². The van der Waals surface area contributed by atoms with Crippen molar-refractivity contribution in [1.82, 2.24) is 0 Å². The van der Waals surface area contributed by atoms with Gasteiger partial charge in [-0.3, -0.25) is 9.59 Å². The Morgan fingerprint density at radius 2 is 1.59 bits per heavy atom. The van der Waals surface area contributed by atoms with E-state index in [4.69, 9.17) is 4.74 Å². The summed E-state index contributed by atoms with van der Waals surface area (Å²) < 4.78 is 18.5. The summed E-state index contributed by atoms with van der Waals surface area (Å²) in [6, 6.07) is 17.9. The predicted molar refractivity (Wildman–Crippen MR) is 123 cm³/mol. The third-order valence-electron chi connectivity index (χ3n) is 5.32. The van der Waals surface area contributed by atoms with Crippen LogP contribution in [0.3, 0.4) is 0 Å². The van der Waals surface area contributed by atoms with Gasteiger partial charge in [0.15, 0.2) is 0 Å². The van der Waals surface area contributed by atoms with Crippen molar-refractivity contribution in [3.63, 3.8) is 0 Å². The van der Waals surface area contributed by atoms with Gasteiger partial charge in [-0.1, -0.05) is 6.07 Å². The molecule has 7 heteroatoms. The molecule has 164 valence electrons. The van der Waals surface area contributed by atoms with Crippen LogP contribution in [0.2, 0.25) is 0 Å². The number of benzene rings is 3. The molecular weight excluding hydrogens is 409 g/mol. The van der Waals surface area contributed by atoms with Gasteiger partial charge < -0.3 is 20.3 Å². The van der Waals surface area contributed by atoms with Crippen LogP contribution < -0.4 is 15.5 Å². The molecule has 3 aromatic rings. The minimum absolute atomic E-state index is 0.273. The van der Waals surface area contributed by atoms with Crippen LogP contribution in [0.5, 0.6) is 0 Å². The molecule has 2 N–H and O–H groups in total. The number of carbonyl (C=O) groups excluding carboxylic acids is 2. The molecule has 1 saturated heterocycles. The molecule has 1 heterocycles. The highest BCUT2D eigenvalue weighted by atomic mass is 19.1. The lowest BCUT2D eigenvalue weighted by Gasteiger charge is -2.29. The molecule has 1 fully saturated rings. The van der Waals surface area contributed by atoms with Crippen molar-refractivity contribution in [2.75, 3.05) is 41.8 Å². The van der Waals surface area contributed by atoms with Crippen molar-refractivity contribution in [2.45, 2.75) is 6.92 Å². The van der Waals surface area contributed by atoms with E-state index in [1.54, 1.807) is 24.3 Å². The summed E-state index contributed by atoms with van der Waals surface area (Å²) in [6.45, 7) is 5.08. The summed E-state index contributed by atoms with van der Waals surface area (Å²) in [5.41, 5.74) is 4.02. The third-order valence-corrected chi connectivity index (χ3v) is 5.32. The van der Waals surface area contributed by atoms with E-state index >= 15 is 0 Å². The fraction of sp³-hybridized carbons (Fsp3) is 0.200. The molecule has 0 spiro atoms. The first-order valence-corrected chi connectivity index (χ1v) is 10.4. The molecule has 0 atom stereocenters. The number of hydrogen-bond donors (Lipinski definition) is 2. The van der Waals surface area contributed by atoms with E-state index in [9.17, 15) is 14.0 Å². The monoisotopic (exact) mass is 433 g/mol. The summed E-state index contributed by atoms with van der Waals surface area (Å²) in [7, 11) is 0. The van der Waals surface area contributed by atoms with E-state index in [0.29, 0.717) is 30.0 Å². The van der Waals surface area contributed by atoms with Crippen molar-refractivity contribution in [3.05, 3.63) is 89.2 Å². The molecular formula is C25H24FN3O3.